The minimum Gasteiger partial charge on any atom is -0.486 e. The van der Waals surface area contributed by atoms with Gasteiger partial charge in [-0.05, 0) is 68.4 Å². The Kier molecular flexibility index (Phi) is 6.54. The summed E-state index contributed by atoms with van der Waals surface area (Å²) in [5.41, 5.74) is 12.1. The topological polar surface area (TPSA) is 34.5 Å². The molecule has 3 heteroatoms. The molecule has 0 aliphatic carbocycles. The molecule has 0 N–H and O–H groups in total. The van der Waals surface area contributed by atoms with E-state index in [0.717, 1.165) is 50.5 Å². The molecule has 8 rings (SSSR count). The number of para-hydroxylation sites is 1. The van der Waals surface area contributed by atoms with Gasteiger partial charge in [-0.1, -0.05) is 121 Å². The zero-order valence-corrected chi connectivity index (χ0v) is 24.0. The fraction of sp³-hybridized carbons (Fsp3) is 0.0244. The molecule has 0 amide bonds. The maximum absolute atomic E-state index is 5.85. The minimum atomic E-state index is 0.503. The van der Waals surface area contributed by atoms with E-state index in [9.17, 15) is 0 Å². The first-order chi connectivity index (χ1) is 21.8. The zero-order valence-electron chi connectivity index (χ0n) is 24.0. The molecule has 0 saturated heterocycles. The molecular formula is C41H28N2O. The first-order valence-electron chi connectivity index (χ1n) is 14.8. The molecule has 6 aromatic carbocycles. The molecule has 0 atom stereocenters. The zero-order chi connectivity index (χ0) is 29.3. The largest absolute Gasteiger partial charge is 0.486 e. The monoisotopic (exact) mass is 564 g/mol. The lowest BCUT2D eigenvalue weighted by Crippen LogP contribution is -2.03. The summed E-state index contributed by atoms with van der Waals surface area (Å²) in [5, 5.41) is 2.43. The Hall–Kier alpha value is -5.80. The van der Waals surface area contributed by atoms with Crippen molar-refractivity contribution < 1.29 is 4.74 Å². The van der Waals surface area contributed by atoms with Gasteiger partial charge in [0.1, 0.15) is 18.0 Å². The Labute approximate surface area is 256 Å². The second kappa shape index (κ2) is 11.1. The first kappa shape index (κ1) is 25.9. The van der Waals surface area contributed by atoms with Crippen LogP contribution in [0.25, 0.3) is 66.5 Å². The molecule has 7 aromatic rings. The summed E-state index contributed by atoms with van der Waals surface area (Å²) in [5.74, 6) is 0.823. The highest BCUT2D eigenvalue weighted by atomic mass is 16.5. The third kappa shape index (κ3) is 4.75. The van der Waals surface area contributed by atoms with Gasteiger partial charge >= 0.3 is 0 Å². The van der Waals surface area contributed by atoms with Crippen LogP contribution in [-0.2, 0) is 0 Å². The molecule has 0 unspecified atom stereocenters. The normalized spacial score (nSPS) is 12.1. The molecule has 1 aliphatic rings. The van der Waals surface area contributed by atoms with Gasteiger partial charge in [0.05, 0.1) is 5.69 Å². The van der Waals surface area contributed by atoms with Gasteiger partial charge in [-0.2, -0.15) is 0 Å². The van der Waals surface area contributed by atoms with E-state index in [0.29, 0.717) is 6.61 Å². The molecule has 0 radical (unpaired) electrons. The summed E-state index contributed by atoms with van der Waals surface area (Å²) in [6.45, 7) is 0.503. The quantitative estimate of drug-likeness (QED) is 0.208. The van der Waals surface area contributed by atoms with Crippen LogP contribution in [0.15, 0.2) is 157 Å². The number of hydrogen-bond donors (Lipinski definition) is 0. The van der Waals surface area contributed by atoms with Gasteiger partial charge in [0, 0.05) is 29.1 Å². The van der Waals surface area contributed by atoms with Crippen LogP contribution in [0.5, 0.6) is 5.75 Å². The van der Waals surface area contributed by atoms with Crippen LogP contribution in [0.4, 0.5) is 5.69 Å². The number of aliphatic imine (C=N–C) groups is 1. The smallest absolute Gasteiger partial charge is 0.146 e. The van der Waals surface area contributed by atoms with E-state index in [-0.39, 0.29) is 0 Å². The second-order valence-corrected chi connectivity index (χ2v) is 10.9. The lowest BCUT2D eigenvalue weighted by atomic mass is 9.88. The fourth-order valence-corrected chi connectivity index (χ4v) is 6.14. The van der Waals surface area contributed by atoms with Crippen LogP contribution in [0.3, 0.4) is 0 Å². The summed E-state index contributed by atoms with van der Waals surface area (Å²) in [6, 6.07) is 51.3. The molecule has 3 nitrogen and oxygen atoms in total. The predicted molar refractivity (Wildman–Crippen MR) is 183 cm³/mol. The molecule has 0 saturated carbocycles. The maximum atomic E-state index is 5.85. The second-order valence-electron chi connectivity index (χ2n) is 10.9. The Balaban J connectivity index is 1.25. The van der Waals surface area contributed by atoms with Gasteiger partial charge < -0.3 is 4.74 Å². The summed E-state index contributed by atoms with van der Waals surface area (Å²) >= 11 is 0. The van der Waals surface area contributed by atoms with Crippen molar-refractivity contribution in [2.45, 2.75) is 0 Å². The first-order valence-corrected chi connectivity index (χ1v) is 14.8. The standard InChI is InChI=1S/C41H28N2O/c1-2-9-28(10-3-1)34-20-22-38(43-27-34)32-14-7-15-33(26-32)40-35-16-5-4-11-29(35)19-21-36(40)30-12-6-13-31(25-30)37-17-8-18-39-41(37)42-23-24-44-39/h1-23,25-27H,24H2. The van der Waals surface area contributed by atoms with E-state index in [2.05, 4.69) is 132 Å². The van der Waals surface area contributed by atoms with Crippen LogP contribution < -0.4 is 4.74 Å². The van der Waals surface area contributed by atoms with Crippen LogP contribution >= 0.6 is 0 Å². The molecule has 208 valence electrons. The number of nitrogens with zero attached hydrogens (tertiary/aromatic N) is 2. The Morgan fingerprint density at radius 1 is 0.500 bits per heavy atom. The van der Waals surface area contributed by atoms with Gasteiger partial charge in [0.25, 0.3) is 0 Å². The average molecular weight is 565 g/mol. The van der Waals surface area contributed by atoms with Crippen molar-refractivity contribution in [3.8, 4) is 61.5 Å². The van der Waals surface area contributed by atoms with E-state index in [4.69, 9.17) is 9.72 Å². The summed E-state index contributed by atoms with van der Waals surface area (Å²) < 4.78 is 5.85. The number of hydrogen-bond acceptors (Lipinski definition) is 3. The van der Waals surface area contributed by atoms with Crippen molar-refractivity contribution >= 4 is 22.7 Å². The molecule has 1 aromatic heterocycles. The minimum absolute atomic E-state index is 0.503. The summed E-state index contributed by atoms with van der Waals surface area (Å²) in [7, 11) is 0. The summed E-state index contributed by atoms with van der Waals surface area (Å²) in [6.07, 6.45) is 3.79. The number of fused-ring (bicyclic) bond motifs is 2. The Morgan fingerprint density at radius 3 is 2.09 bits per heavy atom. The fourth-order valence-electron chi connectivity index (χ4n) is 6.14. The van der Waals surface area contributed by atoms with Crippen LogP contribution in [0.1, 0.15) is 0 Å². The molecular weight excluding hydrogens is 536 g/mol. The van der Waals surface area contributed by atoms with Crippen LogP contribution in [-0.4, -0.2) is 17.8 Å². The Bertz CT molecular complexity index is 2160. The van der Waals surface area contributed by atoms with E-state index >= 15 is 0 Å². The SMILES string of the molecule is C1=Nc2c(cccc2-c2cccc(-c3ccc4ccccc4c3-c3cccc(-c4ccc(-c5ccccc5)cn4)c3)c2)OC1. The van der Waals surface area contributed by atoms with Crippen molar-refractivity contribution in [2.24, 2.45) is 4.99 Å². The third-order valence-electron chi connectivity index (χ3n) is 8.26. The van der Waals surface area contributed by atoms with Crippen LogP contribution in [0, 0.1) is 0 Å². The number of pyridine rings is 1. The van der Waals surface area contributed by atoms with Gasteiger partial charge in [0.15, 0.2) is 0 Å². The van der Waals surface area contributed by atoms with Gasteiger partial charge in [-0.15, -0.1) is 0 Å². The third-order valence-corrected chi connectivity index (χ3v) is 8.26. The number of ether oxygens (including phenoxy) is 1. The van der Waals surface area contributed by atoms with E-state index in [1.807, 2.05) is 30.6 Å². The average Bonchev–Trinajstić information content (AvgIpc) is 3.11. The molecule has 2 heterocycles. The lowest BCUT2D eigenvalue weighted by Gasteiger charge is -2.17. The van der Waals surface area contributed by atoms with Crippen molar-refractivity contribution in [1.29, 1.82) is 0 Å². The number of benzene rings is 6. The number of rotatable bonds is 5. The van der Waals surface area contributed by atoms with Gasteiger partial charge in [-0.3, -0.25) is 9.98 Å². The maximum Gasteiger partial charge on any atom is 0.146 e. The highest BCUT2D eigenvalue weighted by Gasteiger charge is 2.16. The highest BCUT2D eigenvalue weighted by molar-refractivity contribution is 6.05. The van der Waals surface area contributed by atoms with E-state index in [1.165, 1.54) is 27.5 Å². The van der Waals surface area contributed by atoms with E-state index < -0.39 is 0 Å². The predicted octanol–water partition coefficient (Wildman–Crippen LogP) is 10.7. The van der Waals surface area contributed by atoms with Crippen molar-refractivity contribution in [3.63, 3.8) is 0 Å². The van der Waals surface area contributed by atoms with Crippen molar-refractivity contribution in [1.82, 2.24) is 4.98 Å². The Morgan fingerprint density at radius 2 is 1.23 bits per heavy atom. The molecule has 0 spiro atoms. The lowest BCUT2D eigenvalue weighted by molar-refractivity contribution is 0.377. The van der Waals surface area contributed by atoms with Crippen molar-refractivity contribution in [2.75, 3.05) is 6.61 Å². The molecule has 44 heavy (non-hydrogen) atoms. The van der Waals surface area contributed by atoms with Crippen molar-refractivity contribution in [3.05, 3.63) is 152 Å². The van der Waals surface area contributed by atoms with Gasteiger partial charge in [0.2, 0.25) is 0 Å². The number of aromatic nitrogens is 1. The highest BCUT2D eigenvalue weighted by Crippen LogP contribution is 2.43. The molecule has 1 aliphatic heterocycles. The van der Waals surface area contributed by atoms with Gasteiger partial charge in [-0.25, -0.2) is 0 Å². The summed E-state index contributed by atoms with van der Waals surface area (Å²) in [4.78, 5) is 9.54. The molecule has 0 fully saturated rings. The van der Waals surface area contributed by atoms with E-state index in [1.54, 1.807) is 0 Å². The van der Waals surface area contributed by atoms with Crippen LogP contribution in [0.2, 0.25) is 0 Å². The molecule has 0 bridgehead atoms.